The topological polar surface area (TPSA) is 28.3 Å². The zero-order chi connectivity index (χ0) is 13.3. The number of halogens is 2. The maximum Gasteiger partial charge on any atom is 0.147 e. The molecule has 98 valence electrons. The third-order valence-corrected chi connectivity index (χ3v) is 3.62. The van der Waals surface area contributed by atoms with Crippen LogP contribution in [0.5, 0.6) is 5.75 Å². The largest absolute Gasteiger partial charge is 0.496 e. The lowest BCUT2D eigenvalue weighted by Crippen LogP contribution is -2.15. The number of methoxy groups -OCH3 is 1. The summed E-state index contributed by atoms with van der Waals surface area (Å²) < 4.78 is 19.9. The van der Waals surface area contributed by atoms with Crippen molar-refractivity contribution in [2.45, 2.75) is 6.42 Å². The molecular formula is C13H16BrFN2O. The van der Waals surface area contributed by atoms with E-state index in [-0.39, 0.29) is 5.82 Å². The summed E-state index contributed by atoms with van der Waals surface area (Å²) in [6.07, 6.45) is 0.827. The number of H-pyrrole nitrogens is 1. The molecule has 1 aromatic carbocycles. The molecule has 0 radical (unpaired) electrons. The molecule has 0 bridgehead atoms. The Morgan fingerprint density at radius 2 is 2.11 bits per heavy atom. The molecule has 0 unspecified atom stereocenters. The zero-order valence-corrected chi connectivity index (χ0v) is 12.3. The van der Waals surface area contributed by atoms with E-state index in [0.717, 1.165) is 28.5 Å². The fourth-order valence-corrected chi connectivity index (χ4v) is 2.61. The first-order valence-electron chi connectivity index (χ1n) is 5.72. The summed E-state index contributed by atoms with van der Waals surface area (Å²) in [7, 11) is 5.63. The van der Waals surface area contributed by atoms with Gasteiger partial charge in [-0.25, -0.2) is 4.39 Å². The standard InChI is InChI=1S/C13H16BrFN2O/c1-17(2)7-6-8-11-10(18-3)5-4-9(15)12(11)16-13(8)14/h4-5,16H,6-7H2,1-3H3. The summed E-state index contributed by atoms with van der Waals surface area (Å²) in [5.41, 5.74) is 1.55. The molecule has 1 aromatic heterocycles. The molecule has 0 amide bonds. The quantitative estimate of drug-likeness (QED) is 0.938. The van der Waals surface area contributed by atoms with Crippen LogP contribution in [0, 0.1) is 5.82 Å². The van der Waals surface area contributed by atoms with E-state index in [0.29, 0.717) is 11.3 Å². The van der Waals surface area contributed by atoms with Gasteiger partial charge in [-0.15, -0.1) is 0 Å². The maximum absolute atomic E-state index is 13.8. The van der Waals surface area contributed by atoms with Gasteiger partial charge in [-0.2, -0.15) is 0 Å². The molecule has 0 aliphatic carbocycles. The third-order valence-electron chi connectivity index (χ3n) is 2.95. The van der Waals surface area contributed by atoms with Gasteiger partial charge < -0.3 is 14.6 Å². The first kappa shape index (κ1) is 13.4. The van der Waals surface area contributed by atoms with Gasteiger partial charge in [-0.1, -0.05) is 0 Å². The Bertz CT molecular complexity index is 566. The molecule has 0 aliphatic rings. The van der Waals surface area contributed by atoms with Crippen molar-refractivity contribution in [2.24, 2.45) is 0 Å². The maximum atomic E-state index is 13.8. The van der Waals surface area contributed by atoms with Gasteiger partial charge in [0, 0.05) is 11.9 Å². The molecule has 1 N–H and O–H groups in total. The second kappa shape index (κ2) is 5.28. The van der Waals surface area contributed by atoms with Crippen LogP contribution in [0.1, 0.15) is 5.56 Å². The second-order valence-electron chi connectivity index (χ2n) is 4.47. The highest BCUT2D eigenvalue weighted by Crippen LogP contribution is 2.35. The van der Waals surface area contributed by atoms with Crippen LogP contribution in [-0.2, 0) is 6.42 Å². The summed E-state index contributed by atoms with van der Waals surface area (Å²) >= 11 is 3.46. The molecule has 18 heavy (non-hydrogen) atoms. The molecule has 0 aliphatic heterocycles. The lowest BCUT2D eigenvalue weighted by Gasteiger charge is -2.10. The predicted octanol–water partition coefficient (Wildman–Crippen LogP) is 3.18. The van der Waals surface area contributed by atoms with E-state index in [1.165, 1.54) is 6.07 Å². The van der Waals surface area contributed by atoms with Crippen LogP contribution in [0.2, 0.25) is 0 Å². The molecule has 0 atom stereocenters. The predicted molar refractivity (Wildman–Crippen MR) is 74.8 cm³/mol. The Kier molecular flexibility index (Phi) is 3.92. The molecule has 0 fully saturated rings. The SMILES string of the molecule is COc1ccc(F)c2[nH]c(Br)c(CCN(C)C)c12. The van der Waals surface area contributed by atoms with Crippen molar-refractivity contribution in [1.29, 1.82) is 0 Å². The van der Waals surface area contributed by atoms with Crippen LogP contribution in [0.3, 0.4) is 0 Å². The minimum atomic E-state index is -0.261. The average molecular weight is 315 g/mol. The Labute approximate surface area is 114 Å². The highest BCUT2D eigenvalue weighted by molar-refractivity contribution is 9.10. The number of benzene rings is 1. The second-order valence-corrected chi connectivity index (χ2v) is 5.26. The first-order valence-corrected chi connectivity index (χ1v) is 6.51. The molecule has 0 saturated heterocycles. The number of likely N-dealkylation sites (N-methyl/N-ethyl adjacent to an activating group) is 1. The summed E-state index contributed by atoms with van der Waals surface area (Å²) in [5, 5.41) is 0.825. The number of nitrogens with one attached hydrogen (secondary N) is 1. The smallest absolute Gasteiger partial charge is 0.147 e. The molecule has 0 saturated carbocycles. The Balaban J connectivity index is 2.57. The number of rotatable bonds is 4. The summed E-state index contributed by atoms with van der Waals surface area (Å²) in [5.74, 6) is 0.435. The number of ether oxygens (including phenoxy) is 1. The fraction of sp³-hybridized carbons (Fsp3) is 0.385. The van der Waals surface area contributed by atoms with Crippen LogP contribution in [0.25, 0.3) is 10.9 Å². The van der Waals surface area contributed by atoms with Gasteiger partial charge >= 0.3 is 0 Å². The summed E-state index contributed by atoms with van der Waals surface area (Å²) in [4.78, 5) is 5.13. The van der Waals surface area contributed by atoms with Crippen molar-refractivity contribution >= 4 is 26.8 Å². The van der Waals surface area contributed by atoms with E-state index in [2.05, 4.69) is 25.8 Å². The van der Waals surface area contributed by atoms with Gasteiger partial charge in [0.2, 0.25) is 0 Å². The lowest BCUT2D eigenvalue weighted by molar-refractivity contribution is 0.411. The number of aromatic amines is 1. The van der Waals surface area contributed by atoms with Gasteiger partial charge in [0.25, 0.3) is 0 Å². The number of hydrogen-bond acceptors (Lipinski definition) is 2. The number of hydrogen-bond donors (Lipinski definition) is 1. The minimum absolute atomic E-state index is 0.261. The molecule has 2 aromatic rings. The molecule has 3 nitrogen and oxygen atoms in total. The van der Waals surface area contributed by atoms with Crippen LogP contribution < -0.4 is 4.74 Å². The van der Waals surface area contributed by atoms with Crippen molar-refractivity contribution in [3.63, 3.8) is 0 Å². The number of fused-ring (bicyclic) bond motifs is 1. The Morgan fingerprint density at radius 3 is 2.72 bits per heavy atom. The van der Waals surface area contributed by atoms with Gasteiger partial charge in [-0.05, 0) is 54.1 Å². The van der Waals surface area contributed by atoms with E-state index in [9.17, 15) is 4.39 Å². The summed E-state index contributed by atoms with van der Waals surface area (Å²) in [6, 6.07) is 3.08. The van der Waals surface area contributed by atoms with Crippen molar-refractivity contribution in [2.75, 3.05) is 27.7 Å². The van der Waals surface area contributed by atoms with Gasteiger partial charge in [0.05, 0.1) is 17.2 Å². The normalized spacial score (nSPS) is 11.4. The molecule has 2 rings (SSSR count). The monoisotopic (exact) mass is 314 g/mol. The van der Waals surface area contributed by atoms with E-state index in [1.807, 2.05) is 14.1 Å². The van der Waals surface area contributed by atoms with Crippen LogP contribution in [0.15, 0.2) is 16.7 Å². The van der Waals surface area contributed by atoms with E-state index in [4.69, 9.17) is 4.74 Å². The number of aromatic nitrogens is 1. The zero-order valence-electron chi connectivity index (χ0n) is 10.7. The number of nitrogens with zero attached hydrogens (tertiary/aromatic N) is 1. The minimum Gasteiger partial charge on any atom is -0.496 e. The highest BCUT2D eigenvalue weighted by Gasteiger charge is 2.16. The van der Waals surface area contributed by atoms with Gasteiger partial charge in [-0.3, -0.25) is 0 Å². The van der Waals surface area contributed by atoms with Crippen LogP contribution in [0.4, 0.5) is 4.39 Å². The van der Waals surface area contributed by atoms with Crippen molar-refractivity contribution in [3.05, 3.63) is 28.1 Å². The van der Waals surface area contributed by atoms with Gasteiger partial charge in [0.1, 0.15) is 11.6 Å². The fourth-order valence-electron chi connectivity index (χ4n) is 2.02. The van der Waals surface area contributed by atoms with E-state index in [1.54, 1.807) is 13.2 Å². The van der Waals surface area contributed by atoms with Crippen LogP contribution >= 0.6 is 15.9 Å². The van der Waals surface area contributed by atoms with Crippen molar-refractivity contribution in [1.82, 2.24) is 9.88 Å². The highest BCUT2D eigenvalue weighted by atomic mass is 79.9. The summed E-state index contributed by atoms with van der Waals surface area (Å²) in [6.45, 7) is 0.894. The van der Waals surface area contributed by atoms with E-state index < -0.39 is 0 Å². The van der Waals surface area contributed by atoms with Crippen LogP contribution in [-0.4, -0.2) is 37.6 Å². The van der Waals surface area contributed by atoms with Gasteiger partial charge in [0.15, 0.2) is 0 Å². The lowest BCUT2D eigenvalue weighted by atomic mass is 10.1. The Morgan fingerprint density at radius 1 is 1.39 bits per heavy atom. The first-order chi connectivity index (χ1) is 8.54. The van der Waals surface area contributed by atoms with Crippen molar-refractivity contribution in [3.8, 4) is 5.75 Å². The Hall–Kier alpha value is -1.07. The van der Waals surface area contributed by atoms with Crippen molar-refractivity contribution < 1.29 is 9.13 Å². The third kappa shape index (κ3) is 2.37. The molecular weight excluding hydrogens is 299 g/mol. The van der Waals surface area contributed by atoms with E-state index >= 15 is 0 Å². The average Bonchev–Trinajstić information content (AvgIpc) is 2.65. The molecule has 0 spiro atoms. The molecule has 5 heteroatoms. The molecule has 1 heterocycles.